The Morgan fingerprint density at radius 2 is 2.00 bits per heavy atom. The van der Waals surface area contributed by atoms with Gasteiger partial charge in [-0.1, -0.05) is 0 Å². The summed E-state index contributed by atoms with van der Waals surface area (Å²) in [5, 5.41) is 0. The van der Waals surface area contributed by atoms with Crippen LogP contribution >= 0.6 is 11.6 Å². The van der Waals surface area contributed by atoms with E-state index in [4.69, 9.17) is 11.6 Å². The number of halogens is 1. The van der Waals surface area contributed by atoms with Gasteiger partial charge in [0.15, 0.2) is 5.52 Å². The summed E-state index contributed by atoms with van der Waals surface area (Å²) in [4.78, 5) is 27.5. The fraction of sp³-hybridized carbons (Fsp3) is 0.444. The molecule has 0 saturated carbocycles. The highest BCUT2D eigenvalue weighted by atomic mass is 35.5. The molecule has 2 aromatic heterocycles. The summed E-state index contributed by atoms with van der Waals surface area (Å²) in [6.45, 7) is 0.512. The van der Waals surface area contributed by atoms with Gasteiger partial charge in [0.25, 0.3) is 5.56 Å². The highest BCUT2D eigenvalue weighted by Gasteiger charge is 2.13. The zero-order chi connectivity index (χ0) is 11.9. The Labute approximate surface area is 95.7 Å². The van der Waals surface area contributed by atoms with Crippen molar-refractivity contribution in [1.82, 2.24) is 18.7 Å². The number of nitrogens with zero attached hydrogens (tertiary/aromatic N) is 4. The molecule has 16 heavy (non-hydrogen) atoms. The molecule has 2 heterocycles. The lowest BCUT2D eigenvalue weighted by Crippen LogP contribution is -2.37. The van der Waals surface area contributed by atoms with Crippen LogP contribution in [0.15, 0.2) is 15.9 Å². The molecule has 2 rings (SSSR count). The van der Waals surface area contributed by atoms with Gasteiger partial charge in [0.1, 0.15) is 5.65 Å². The van der Waals surface area contributed by atoms with Gasteiger partial charge in [-0.05, 0) is 0 Å². The topological polar surface area (TPSA) is 61.8 Å². The maximum atomic E-state index is 11.8. The molecule has 0 unspecified atom stereocenters. The van der Waals surface area contributed by atoms with E-state index in [9.17, 15) is 9.59 Å². The standard InChI is InChI=1S/C9H11ClN4O2/c1-12-7-6(8(15)13(2)9(12)16)11-5-14(7)4-3-10/h5H,3-4H2,1-2H3. The smallest absolute Gasteiger partial charge is 0.315 e. The number of hydrogen-bond acceptors (Lipinski definition) is 3. The number of alkyl halides is 1. The molecular weight excluding hydrogens is 232 g/mol. The Kier molecular flexibility index (Phi) is 2.59. The first-order chi connectivity index (χ1) is 7.57. The van der Waals surface area contributed by atoms with Crippen LogP contribution in [0.25, 0.3) is 11.2 Å². The molecule has 0 amide bonds. The molecule has 0 N–H and O–H groups in total. The summed E-state index contributed by atoms with van der Waals surface area (Å²) in [5.41, 5.74) is 0.0451. The second-order valence-corrected chi connectivity index (χ2v) is 3.88. The normalized spacial score (nSPS) is 11.2. The number of imidazole rings is 1. The van der Waals surface area contributed by atoms with Gasteiger partial charge < -0.3 is 4.57 Å². The van der Waals surface area contributed by atoms with E-state index in [-0.39, 0.29) is 16.8 Å². The molecule has 7 heteroatoms. The van der Waals surface area contributed by atoms with Crippen molar-refractivity contribution in [3.63, 3.8) is 0 Å². The van der Waals surface area contributed by atoms with Crippen LogP contribution in [-0.4, -0.2) is 24.6 Å². The molecule has 0 spiro atoms. The van der Waals surface area contributed by atoms with Crippen molar-refractivity contribution in [3.8, 4) is 0 Å². The maximum Gasteiger partial charge on any atom is 0.332 e. The minimum absolute atomic E-state index is 0.287. The molecule has 0 bridgehead atoms. The lowest BCUT2D eigenvalue weighted by Gasteiger charge is -2.06. The zero-order valence-electron chi connectivity index (χ0n) is 8.97. The highest BCUT2D eigenvalue weighted by Crippen LogP contribution is 2.05. The summed E-state index contributed by atoms with van der Waals surface area (Å²) in [6, 6.07) is 0. The van der Waals surface area contributed by atoms with E-state index in [1.807, 2.05) is 0 Å². The second-order valence-electron chi connectivity index (χ2n) is 3.50. The van der Waals surface area contributed by atoms with E-state index >= 15 is 0 Å². The van der Waals surface area contributed by atoms with Crippen LogP contribution in [0.1, 0.15) is 0 Å². The first-order valence-electron chi connectivity index (χ1n) is 4.74. The summed E-state index contributed by atoms with van der Waals surface area (Å²) in [6.07, 6.45) is 1.52. The molecule has 0 aliphatic heterocycles. The van der Waals surface area contributed by atoms with Gasteiger partial charge in [-0.15, -0.1) is 11.6 Å². The Bertz CT molecular complexity index is 652. The first-order valence-corrected chi connectivity index (χ1v) is 5.28. The second kappa shape index (κ2) is 3.79. The van der Waals surface area contributed by atoms with Crippen LogP contribution in [0.4, 0.5) is 0 Å². The minimum atomic E-state index is -0.383. The van der Waals surface area contributed by atoms with E-state index in [0.717, 1.165) is 4.57 Å². The predicted octanol–water partition coefficient (Wildman–Crippen LogP) is -0.328. The molecule has 0 fully saturated rings. The molecule has 0 aliphatic carbocycles. The molecule has 6 nitrogen and oxygen atoms in total. The predicted molar refractivity (Wildman–Crippen MR) is 60.9 cm³/mol. The molecule has 2 aromatic rings. The third-order valence-corrected chi connectivity index (χ3v) is 2.70. The zero-order valence-corrected chi connectivity index (χ0v) is 9.73. The van der Waals surface area contributed by atoms with Gasteiger partial charge in [0, 0.05) is 26.5 Å². The highest BCUT2D eigenvalue weighted by molar-refractivity contribution is 6.17. The molecule has 0 aromatic carbocycles. The lowest BCUT2D eigenvalue weighted by atomic mass is 10.5. The Balaban J connectivity index is 2.95. The lowest BCUT2D eigenvalue weighted by molar-refractivity contribution is 0.683. The van der Waals surface area contributed by atoms with Crippen LogP contribution < -0.4 is 11.2 Å². The third kappa shape index (κ3) is 1.37. The van der Waals surface area contributed by atoms with E-state index in [1.165, 1.54) is 17.9 Å². The number of rotatable bonds is 2. The van der Waals surface area contributed by atoms with Crippen LogP contribution in [0.3, 0.4) is 0 Å². The van der Waals surface area contributed by atoms with Crippen molar-refractivity contribution in [2.45, 2.75) is 6.54 Å². The fourth-order valence-electron chi connectivity index (χ4n) is 1.69. The number of aryl methyl sites for hydroxylation is 2. The maximum absolute atomic E-state index is 11.8. The molecule has 0 aliphatic rings. The third-order valence-electron chi connectivity index (χ3n) is 2.53. The molecule has 0 atom stereocenters. The summed E-state index contributed by atoms with van der Waals surface area (Å²) < 4.78 is 4.14. The van der Waals surface area contributed by atoms with Gasteiger partial charge in [0.05, 0.1) is 6.33 Å². The summed E-state index contributed by atoms with van der Waals surface area (Å²) in [5.74, 6) is 0.398. The quantitative estimate of drug-likeness (QED) is 0.678. The van der Waals surface area contributed by atoms with Crippen molar-refractivity contribution in [2.24, 2.45) is 14.1 Å². The monoisotopic (exact) mass is 242 g/mol. The molecule has 86 valence electrons. The fourth-order valence-corrected chi connectivity index (χ4v) is 1.88. The average Bonchev–Trinajstić information content (AvgIpc) is 2.68. The van der Waals surface area contributed by atoms with E-state index in [0.29, 0.717) is 18.1 Å². The van der Waals surface area contributed by atoms with E-state index in [1.54, 1.807) is 11.6 Å². The Morgan fingerprint density at radius 1 is 1.31 bits per heavy atom. The Morgan fingerprint density at radius 3 is 2.62 bits per heavy atom. The van der Waals surface area contributed by atoms with Gasteiger partial charge in [0.2, 0.25) is 0 Å². The number of fused-ring (bicyclic) bond motifs is 1. The van der Waals surface area contributed by atoms with Crippen molar-refractivity contribution in [3.05, 3.63) is 27.2 Å². The van der Waals surface area contributed by atoms with Crippen LogP contribution in [0, 0.1) is 0 Å². The SMILES string of the molecule is Cn1c(=O)c2ncn(CCCl)c2n(C)c1=O. The summed E-state index contributed by atoms with van der Waals surface area (Å²) in [7, 11) is 3.04. The molecular formula is C9H11ClN4O2. The number of hydrogen-bond donors (Lipinski definition) is 0. The van der Waals surface area contributed by atoms with E-state index in [2.05, 4.69) is 4.98 Å². The Hall–Kier alpha value is -1.56. The average molecular weight is 243 g/mol. The number of aromatic nitrogens is 4. The molecule has 0 saturated heterocycles. The van der Waals surface area contributed by atoms with Crippen molar-refractivity contribution in [1.29, 1.82) is 0 Å². The van der Waals surface area contributed by atoms with Crippen molar-refractivity contribution >= 4 is 22.8 Å². The van der Waals surface area contributed by atoms with Crippen molar-refractivity contribution in [2.75, 3.05) is 5.88 Å². The van der Waals surface area contributed by atoms with E-state index < -0.39 is 0 Å². The van der Waals surface area contributed by atoms with Crippen molar-refractivity contribution < 1.29 is 0 Å². The van der Waals surface area contributed by atoms with Gasteiger partial charge in [-0.25, -0.2) is 9.78 Å². The van der Waals surface area contributed by atoms with Crippen LogP contribution in [-0.2, 0) is 20.6 Å². The minimum Gasteiger partial charge on any atom is -0.315 e. The first kappa shape index (κ1) is 10.9. The van der Waals surface area contributed by atoms with Crippen LogP contribution in [0.2, 0.25) is 0 Å². The molecule has 0 radical (unpaired) electrons. The van der Waals surface area contributed by atoms with Gasteiger partial charge in [-0.2, -0.15) is 0 Å². The van der Waals surface area contributed by atoms with Crippen LogP contribution in [0.5, 0.6) is 0 Å². The summed E-state index contributed by atoms with van der Waals surface area (Å²) >= 11 is 5.64. The van der Waals surface area contributed by atoms with Gasteiger partial charge >= 0.3 is 5.69 Å². The largest absolute Gasteiger partial charge is 0.332 e. The van der Waals surface area contributed by atoms with Gasteiger partial charge in [-0.3, -0.25) is 13.9 Å².